The van der Waals surface area contributed by atoms with Crippen LogP contribution in [0.3, 0.4) is 0 Å². The Morgan fingerprint density at radius 2 is 1.79 bits per heavy atom. The Balaban J connectivity index is 2.09. The zero-order valence-corrected chi connectivity index (χ0v) is 12.0. The van der Waals surface area contributed by atoms with Crippen LogP contribution in [0.1, 0.15) is 0 Å². The summed E-state index contributed by atoms with van der Waals surface area (Å²) < 4.78 is 6.46. The molecule has 0 spiro atoms. The van der Waals surface area contributed by atoms with Gasteiger partial charge >= 0.3 is 0 Å². The summed E-state index contributed by atoms with van der Waals surface area (Å²) in [7, 11) is 0. The van der Waals surface area contributed by atoms with E-state index in [4.69, 9.17) is 16.3 Å². The monoisotopic (exact) mass is 334 g/mol. The molecule has 5 heteroatoms. The standard InChI is InChI=1S/C14H8BrClN2O/c15-13-7-14(18-8-17-13)19-12-6-5-11(16)9-3-1-2-4-10(9)12/h1-8H. The molecule has 1 aromatic heterocycles. The van der Waals surface area contributed by atoms with Crippen LogP contribution < -0.4 is 4.74 Å². The van der Waals surface area contributed by atoms with Crippen molar-refractivity contribution >= 4 is 38.3 Å². The lowest BCUT2D eigenvalue weighted by atomic mass is 10.1. The van der Waals surface area contributed by atoms with Gasteiger partial charge in [0.25, 0.3) is 0 Å². The molecular formula is C14H8BrClN2O. The summed E-state index contributed by atoms with van der Waals surface area (Å²) in [6.07, 6.45) is 1.44. The summed E-state index contributed by atoms with van der Waals surface area (Å²) >= 11 is 9.45. The van der Waals surface area contributed by atoms with Gasteiger partial charge < -0.3 is 4.74 Å². The van der Waals surface area contributed by atoms with Crippen LogP contribution in [-0.4, -0.2) is 9.97 Å². The fourth-order valence-corrected chi connectivity index (χ4v) is 2.32. The van der Waals surface area contributed by atoms with Gasteiger partial charge in [-0.25, -0.2) is 9.97 Å². The summed E-state index contributed by atoms with van der Waals surface area (Å²) in [4.78, 5) is 8.03. The number of hydrogen-bond donors (Lipinski definition) is 0. The summed E-state index contributed by atoms with van der Waals surface area (Å²) in [5.74, 6) is 1.19. The molecule has 0 unspecified atom stereocenters. The van der Waals surface area contributed by atoms with Crippen LogP contribution in [0.5, 0.6) is 11.6 Å². The van der Waals surface area contributed by atoms with Crippen LogP contribution in [0.15, 0.2) is 53.4 Å². The van der Waals surface area contributed by atoms with Crippen LogP contribution in [0.25, 0.3) is 10.8 Å². The Morgan fingerprint density at radius 3 is 2.58 bits per heavy atom. The van der Waals surface area contributed by atoms with Gasteiger partial charge in [-0.15, -0.1) is 0 Å². The predicted molar refractivity (Wildman–Crippen MR) is 78.8 cm³/mol. The molecule has 0 aliphatic rings. The van der Waals surface area contributed by atoms with Gasteiger partial charge in [0.15, 0.2) is 0 Å². The third kappa shape index (κ3) is 2.55. The van der Waals surface area contributed by atoms with E-state index in [1.807, 2.05) is 36.4 Å². The molecule has 3 aromatic rings. The van der Waals surface area contributed by atoms with Crippen LogP contribution in [0.4, 0.5) is 0 Å². The maximum absolute atomic E-state index is 6.17. The molecule has 0 atom stereocenters. The Kier molecular flexibility index (Phi) is 3.36. The van der Waals surface area contributed by atoms with E-state index in [2.05, 4.69) is 25.9 Å². The van der Waals surface area contributed by atoms with Crippen molar-refractivity contribution in [2.45, 2.75) is 0 Å². The Morgan fingerprint density at radius 1 is 1.00 bits per heavy atom. The smallest absolute Gasteiger partial charge is 0.223 e. The van der Waals surface area contributed by atoms with E-state index in [-0.39, 0.29) is 0 Å². The van der Waals surface area contributed by atoms with Crippen molar-refractivity contribution in [3.8, 4) is 11.6 Å². The van der Waals surface area contributed by atoms with Gasteiger partial charge in [0.1, 0.15) is 16.7 Å². The summed E-state index contributed by atoms with van der Waals surface area (Å²) in [5, 5.41) is 2.60. The topological polar surface area (TPSA) is 35.0 Å². The Bertz CT molecular complexity index is 748. The molecule has 0 aliphatic carbocycles. The lowest BCUT2D eigenvalue weighted by Crippen LogP contribution is -1.90. The molecule has 1 heterocycles. The van der Waals surface area contributed by atoms with E-state index in [1.54, 1.807) is 6.07 Å². The first kappa shape index (κ1) is 12.4. The maximum Gasteiger partial charge on any atom is 0.223 e. The van der Waals surface area contributed by atoms with E-state index in [1.165, 1.54) is 6.33 Å². The molecule has 0 aliphatic heterocycles. The molecular weight excluding hydrogens is 328 g/mol. The zero-order valence-electron chi connectivity index (χ0n) is 9.68. The predicted octanol–water partition coefficient (Wildman–Crippen LogP) is 4.84. The fraction of sp³-hybridized carbons (Fsp3) is 0. The van der Waals surface area contributed by atoms with Crippen molar-refractivity contribution < 1.29 is 4.74 Å². The van der Waals surface area contributed by atoms with Gasteiger partial charge in [0.05, 0.1) is 0 Å². The molecule has 19 heavy (non-hydrogen) atoms. The van der Waals surface area contributed by atoms with Crippen molar-refractivity contribution in [2.24, 2.45) is 0 Å². The first-order chi connectivity index (χ1) is 9.24. The van der Waals surface area contributed by atoms with E-state index in [0.29, 0.717) is 21.3 Å². The van der Waals surface area contributed by atoms with Gasteiger partial charge in [-0.2, -0.15) is 0 Å². The van der Waals surface area contributed by atoms with Gasteiger partial charge in [-0.05, 0) is 28.1 Å². The van der Waals surface area contributed by atoms with Crippen LogP contribution in [-0.2, 0) is 0 Å². The molecule has 3 nitrogen and oxygen atoms in total. The second-order valence-electron chi connectivity index (χ2n) is 3.87. The van der Waals surface area contributed by atoms with E-state index < -0.39 is 0 Å². The summed E-state index contributed by atoms with van der Waals surface area (Å²) in [6, 6.07) is 13.2. The largest absolute Gasteiger partial charge is 0.438 e. The van der Waals surface area contributed by atoms with Gasteiger partial charge in [-0.3, -0.25) is 0 Å². The average molecular weight is 336 g/mol. The summed E-state index contributed by atoms with van der Waals surface area (Å²) in [6.45, 7) is 0. The lowest BCUT2D eigenvalue weighted by molar-refractivity contribution is 0.466. The van der Waals surface area contributed by atoms with Crippen molar-refractivity contribution in [3.05, 3.63) is 58.4 Å². The molecule has 2 aromatic carbocycles. The number of benzene rings is 2. The molecule has 0 amide bonds. The van der Waals surface area contributed by atoms with Gasteiger partial charge in [0.2, 0.25) is 5.88 Å². The van der Waals surface area contributed by atoms with Crippen LogP contribution in [0, 0.1) is 0 Å². The maximum atomic E-state index is 6.17. The molecule has 0 saturated heterocycles. The van der Waals surface area contributed by atoms with E-state index in [0.717, 1.165) is 10.8 Å². The highest BCUT2D eigenvalue weighted by Crippen LogP contribution is 2.33. The third-order valence-corrected chi connectivity index (χ3v) is 3.42. The second-order valence-corrected chi connectivity index (χ2v) is 5.09. The Hall–Kier alpha value is -1.65. The number of ether oxygens (including phenoxy) is 1. The number of halogens is 2. The molecule has 0 radical (unpaired) electrons. The highest BCUT2D eigenvalue weighted by molar-refractivity contribution is 9.10. The molecule has 3 rings (SSSR count). The SMILES string of the molecule is Clc1ccc(Oc2cc(Br)ncn2)c2ccccc12. The minimum Gasteiger partial charge on any atom is -0.438 e. The van der Waals surface area contributed by atoms with E-state index in [9.17, 15) is 0 Å². The normalized spacial score (nSPS) is 10.6. The first-order valence-electron chi connectivity index (χ1n) is 5.57. The summed E-state index contributed by atoms with van der Waals surface area (Å²) in [5.41, 5.74) is 0. The number of nitrogens with zero attached hydrogens (tertiary/aromatic N) is 2. The third-order valence-electron chi connectivity index (χ3n) is 2.65. The molecule has 0 N–H and O–H groups in total. The highest BCUT2D eigenvalue weighted by Gasteiger charge is 2.07. The molecule has 0 saturated carbocycles. The molecule has 0 fully saturated rings. The van der Waals surface area contributed by atoms with Gasteiger partial charge in [-0.1, -0.05) is 35.9 Å². The van der Waals surface area contributed by atoms with Crippen molar-refractivity contribution in [2.75, 3.05) is 0 Å². The highest BCUT2D eigenvalue weighted by atomic mass is 79.9. The number of rotatable bonds is 2. The van der Waals surface area contributed by atoms with Crippen LogP contribution in [0.2, 0.25) is 5.02 Å². The fourth-order valence-electron chi connectivity index (χ4n) is 1.81. The molecule has 94 valence electrons. The number of hydrogen-bond acceptors (Lipinski definition) is 3. The quantitative estimate of drug-likeness (QED) is 0.629. The van der Waals surface area contributed by atoms with Crippen molar-refractivity contribution in [3.63, 3.8) is 0 Å². The zero-order chi connectivity index (χ0) is 13.2. The van der Waals surface area contributed by atoms with Crippen molar-refractivity contribution in [1.82, 2.24) is 9.97 Å². The lowest BCUT2D eigenvalue weighted by Gasteiger charge is -2.09. The number of aromatic nitrogens is 2. The second kappa shape index (κ2) is 5.15. The minimum atomic E-state index is 0.481. The first-order valence-corrected chi connectivity index (χ1v) is 6.74. The average Bonchev–Trinajstić information content (AvgIpc) is 2.42. The molecule has 0 bridgehead atoms. The van der Waals surface area contributed by atoms with E-state index >= 15 is 0 Å². The minimum absolute atomic E-state index is 0.481. The van der Waals surface area contributed by atoms with Crippen LogP contribution >= 0.6 is 27.5 Å². The number of fused-ring (bicyclic) bond motifs is 1. The Labute approximate surface area is 123 Å². The van der Waals surface area contributed by atoms with Gasteiger partial charge in [0, 0.05) is 21.9 Å². The van der Waals surface area contributed by atoms with Crippen molar-refractivity contribution in [1.29, 1.82) is 0 Å².